The molecule has 0 aliphatic carbocycles. The lowest BCUT2D eigenvalue weighted by Crippen LogP contribution is -2.45. The summed E-state index contributed by atoms with van der Waals surface area (Å²) in [5, 5.41) is 8.30. The summed E-state index contributed by atoms with van der Waals surface area (Å²) in [6.07, 6.45) is 8.67. The van der Waals surface area contributed by atoms with Crippen LogP contribution >= 0.6 is 0 Å². The molecule has 0 aromatic heterocycles. The maximum Gasteiger partial charge on any atom is 0.0629 e. The Hall–Kier alpha value is -2.11. The molecule has 5 nitrogen and oxygen atoms in total. The fourth-order valence-corrected chi connectivity index (χ4v) is 2.94. The van der Waals surface area contributed by atoms with Crippen LogP contribution in [-0.4, -0.2) is 50.4 Å². The molecule has 2 rings (SSSR count). The van der Waals surface area contributed by atoms with Gasteiger partial charge in [-0.3, -0.25) is 4.90 Å². The number of likely N-dealkylation sites (N-methyl/N-ethyl adjacent to an activating group) is 1. The van der Waals surface area contributed by atoms with Gasteiger partial charge in [0.25, 0.3) is 0 Å². The minimum atomic E-state index is 0. The molecule has 1 heterocycles. The Labute approximate surface area is 173 Å². The molecule has 5 heteroatoms. The number of benzene rings is 1. The highest BCUT2D eigenvalue weighted by atomic mass is 15.2. The van der Waals surface area contributed by atoms with Crippen LogP contribution in [0.4, 0.5) is 5.69 Å². The Morgan fingerprint density at radius 1 is 1.18 bits per heavy atom. The number of anilines is 1. The fourth-order valence-electron chi connectivity index (χ4n) is 2.94. The molecule has 0 spiro atoms. The summed E-state index contributed by atoms with van der Waals surface area (Å²) in [7, 11) is 4.00. The molecule has 0 bridgehead atoms. The van der Waals surface area contributed by atoms with E-state index in [4.69, 9.17) is 16.9 Å². The Morgan fingerprint density at radius 2 is 1.79 bits per heavy atom. The van der Waals surface area contributed by atoms with Gasteiger partial charge in [-0.1, -0.05) is 57.9 Å². The molecular formula is C23H41N5. The number of rotatable bonds is 7. The van der Waals surface area contributed by atoms with Crippen LogP contribution in [0.5, 0.6) is 0 Å². The molecule has 2 atom stereocenters. The molecule has 28 heavy (non-hydrogen) atoms. The second kappa shape index (κ2) is 12.4. The third-order valence-electron chi connectivity index (χ3n) is 5.05. The van der Waals surface area contributed by atoms with Crippen LogP contribution in [0.3, 0.4) is 0 Å². The standard InChI is InChI=1S/C19H29N5.C4H10.H2/c1-4-24-13-15(7-10-17(24)12-20)19(22)11-18(21)14-5-8-16(9-6-14)23(2)3;1-3-4-2;/h5-11,15,17,21H,4,12-13,20,22H2,1-3H3;3-4H2,1-2H3;1H/b19-11-,21-18?;;/t15?,17-;;/m1../s1. The van der Waals surface area contributed by atoms with Gasteiger partial charge in [0.15, 0.2) is 0 Å². The van der Waals surface area contributed by atoms with Crippen molar-refractivity contribution in [2.24, 2.45) is 17.4 Å². The van der Waals surface area contributed by atoms with E-state index in [-0.39, 0.29) is 13.4 Å². The van der Waals surface area contributed by atoms with Gasteiger partial charge in [-0.15, -0.1) is 0 Å². The zero-order valence-corrected chi connectivity index (χ0v) is 18.3. The fraction of sp³-hybridized carbons (Fsp3) is 0.522. The lowest BCUT2D eigenvalue weighted by atomic mass is 9.96. The van der Waals surface area contributed by atoms with E-state index in [1.807, 2.05) is 43.3 Å². The first-order chi connectivity index (χ1) is 13.4. The van der Waals surface area contributed by atoms with Gasteiger partial charge in [0, 0.05) is 52.0 Å². The molecule has 158 valence electrons. The molecule has 1 aliphatic rings. The van der Waals surface area contributed by atoms with Gasteiger partial charge >= 0.3 is 0 Å². The second-order valence-corrected chi connectivity index (χ2v) is 7.38. The maximum absolute atomic E-state index is 8.30. The Balaban J connectivity index is 0.00000143. The summed E-state index contributed by atoms with van der Waals surface area (Å²) in [6, 6.07) is 8.23. The van der Waals surface area contributed by atoms with E-state index in [1.165, 1.54) is 12.8 Å². The first kappa shape index (κ1) is 23.9. The lowest BCUT2D eigenvalue weighted by Gasteiger charge is -2.34. The van der Waals surface area contributed by atoms with Crippen LogP contribution in [0.1, 0.15) is 40.6 Å². The van der Waals surface area contributed by atoms with Crippen molar-refractivity contribution in [1.29, 1.82) is 5.41 Å². The quantitative estimate of drug-likeness (QED) is 0.490. The maximum atomic E-state index is 8.30. The van der Waals surface area contributed by atoms with Crippen LogP contribution in [-0.2, 0) is 0 Å². The molecule has 1 aromatic rings. The third-order valence-corrected chi connectivity index (χ3v) is 5.05. The van der Waals surface area contributed by atoms with Crippen molar-refractivity contribution in [3.05, 3.63) is 53.8 Å². The molecule has 0 saturated carbocycles. The van der Waals surface area contributed by atoms with Gasteiger partial charge < -0.3 is 21.8 Å². The van der Waals surface area contributed by atoms with E-state index in [1.54, 1.807) is 6.08 Å². The molecule has 1 unspecified atom stereocenters. The highest BCUT2D eigenvalue weighted by molar-refractivity contribution is 6.07. The SMILES string of the molecule is CCCC.CCN1CC(/C(N)=C/C(=N)c2ccc(N(C)C)cc2)C=C[C@@H]1CN.[HH]. The highest BCUT2D eigenvalue weighted by Crippen LogP contribution is 2.19. The number of nitrogens with one attached hydrogen (secondary N) is 1. The average Bonchev–Trinajstić information content (AvgIpc) is 2.73. The van der Waals surface area contributed by atoms with Gasteiger partial charge in [0.2, 0.25) is 0 Å². The Bertz CT molecular complexity index is 650. The number of unbranched alkanes of at least 4 members (excludes halogenated alkanes) is 1. The van der Waals surface area contributed by atoms with E-state index in [0.29, 0.717) is 12.3 Å². The average molecular weight is 388 g/mol. The van der Waals surface area contributed by atoms with Crippen LogP contribution in [0.15, 0.2) is 48.2 Å². The largest absolute Gasteiger partial charge is 0.401 e. The molecule has 5 N–H and O–H groups in total. The molecule has 0 fully saturated rings. The van der Waals surface area contributed by atoms with Gasteiger partial charge in [-0.05, 0) is 30.3 Å². The van der Waals surface area contributed by atoms with Crippen molar-refractivity contribution in [2.75, 3.05) is 38.6 Å². The van der Waals surface area contributed by atoms with Crippen LogP contribution in [0, 0.1) is 11.3 Å². The molecule has 0 amide bonds. The number of nitrogens with two attached hydrogens (primary N) is 2. The predicted octanol–water partition coefficient (Wildman–Crippen LogP) is 3.85. The summed E-state index contributed by atoms with van der Waals surface area (Å²) >= 11 is 0. The van der Waals surface area contributed by atoms with Crippen molar-refractivity contribution < 1.29 is 1.43 Å². The summed E-state index contributed by atoms with van der Waals surface area (Å²) in [5.74, 6) is 0.133. The molecule has 0 saturated heterocycles. The topological polar surface area (TPSA) is 82.4 Å². The molecule has 1 aromatic carbocycles. The minimum Gasteiger partial charge on any atom is -0.401 e. The first-order valence-corrected chi connectivity index (χ1v) is 10.3. The Morgan fingerprint density at radius 3 is 2.25 bits per heavy atom. The van der Waals surface area contributed by atoms with Crippen LogP contribution in [0.2, 0.25) is 0 Å². The van der Waals surface area contributed by atoms with E-state index < -0.39 is 0 Å². The number of nitrogens with zero attached hydrogens (tertiary/aromatic N) is 2. The highest BCUT2D eigenvalue weighted by Gasteiger charge is 2.23. The van der Waals surface area contributed by atoms with E-state index in [0.717, 1.165) is 30.0 Å². The predicted molar refractivity (Wildman–Crippen MR) is 125 cm³/mol. The van der Waals surface area contributed by atoms with Gasteiger partial charge in [-0.25, -0.2) is 0 Å². The number of hydrogen-bond donors (Lipinski definition) is 3. The molecular weight excluding hydrogens is 346 g/mol. The van der Waals surface area contributed by atoms with Crippen molar-refractivity contribution in [2.45, 2.75) is 39.7 Å². The van der Waals surface area contributed by atoms with Crippen LogP contribution < -0.4 is 16.4 Å². The van der Waals surface area contributed by atoms with Crippen molar-refractivity contribution in [3.63, 3.8) is 0 Å². The zero-order valence-electron chi connectivity index (χ0n) is 18.3. The summed E-state index contributed by atoms with van der Waals surface area (Å²) in [4.78, 5) is 4.36. The van der Waals surface area contributed by atoms with Crippen molar-refractivity contribution >= 4 is 11.4 Å². The molecule has 1 aliphatic heterocycles. The van der Waals surface area contributed by atoms with E-state index in [9.17, 15) is 0 Å². The first-order valence-electron chi connectivity index (χ1n) is 10.3. The monoisotopic (exact) mass is 387 g/mol. The summed E-state index contributed by atoms with van der Waals surface area (Å²) in [5.41, 5.74) is 15.2. The minimum absolute atomic E-state index is 0. The van der Waals surface area contributed by atoms with Gasteiger partial charge in [-0.2, -0.15) is 0 Å². The van der Waals surface area contributed by atoms with Gasteiger partial charge in [0.05, 0.1) is 5.71 Å². The van der Waals surface area contributed by atoms with Gasteiger partial charge in [0.1, 0.15) is 0 Å². The summed E-state index contributed by atoms with van der Waals surface area (Å²) < 4.78 is 0. The smallest absolute Gasteiger partial charge is 0.0629 e. The van der Waals surface area contributed by atoms with Crippen molar-refractivity contribution in [3.8, 4) is 0 Å². The third kappa shape index (κ3) is 7.13. The normalized spacial score (nSPS) is 19.7. The zero-order chi connectivity index (χ0) is 21.1. The number of hydrogen-bond acceptors (Lipinski definition) is 5. The lowest BCUT2D eigenvalue weighted by molar-refractivity contribution is 0.217. The molecule has 0 radical (unpaired) electrons. The Kier molecular flexibility index (Phi) is 10.6. The number of allylic oxidation sites excluding steroid dienone is 1. The van der Waals surface area contributed by atoms with E-state index >= 15 is 0 Å². The van der Waals surface area contributed by atoms with Crippen LogP contribution in [0.25, 0.3) is 0 Å². The summed E-state index contributed by atoms with van der Waals surface area (Å²) in [6.45, 7) is 8.91. The van der Waals surface area contributed by atoms with Crippen molar-refractivity contribution in [1.82, 2.24) is 4.90 Å². The second-order valence-electron chi connectivity index (χ2n) is 7.38. The van der Waals surface area contributed by atoms with E-state index in [2.05, 4.69) is 37.8 Å².